The van der Waals surface area contributed by atoms with Crippen LogP contribution in [0.2, 0.25) is 0 Å². The van der Waals surface area contributed by atoms with Crippen LogP contribution in [0, 0.1) is 5.92 Å². The molecule has 1 aliphatic heterocycles. The average molecular weight is 352 g/mol. The monoisotopic (exact) mass is 352 g/mol. The second-order valence-electron chi connectivity index (χ2n) is 6.56. The molecule has 6 nitrogen and oxygen atoms in total. The summed E-state index contributed by atoms with van der Waals surface area (Å²) >= 11 is 1.30. The van der Waals surface area contributed by atoms with E-state index >= 15 is 0 Å². The Hall–Kier alpha value is -2.51. The molecule has 0 fully saturated rings. The summed E-state index contributed by atoms with van der Waals surface area (Å²) in [5, 5.41) is 11.3. The maximum atomic E-state index is 11.4. The minimum Gasteiger partial charge on any atom is -0.386 e. The van der Waals surface area contributed by atoms with Crippen LogP contribution in [-0.2, 0) is 6.42 Å². The van der Waals surface area contributed by atoms with Gasteiger partial charge in [-0.3, -0.25) is 4.79 Å². The predicted octanol–water partition coefficient (Wildman–Crippen LogP) is 2.30. The van der Waals surface area contributed by atoms with Gasteiger partial charge in [0, 0.05) is 16.4 Å². The third-order valence-electron chi connectivity index (χ3n) is 5.26. The molecule has 3 heterocycles. The van der Waals surface area contributed by atoms with E-state index in [0.717, 1.165) is 23.4 Å². The average Bonchev–Trinajstić information content (AvgIpc) is 3.29. The molecule has 2 aliphatic rings. The number of benzene rings is 1. The standard InChI is InChI=1S/C18H16N4O2S/c19-17(24)18-21-14-13(25-18)6-5-11(16(14)23)15-10-4-2-1-3-9(10)12-7-20-8-22(12)15/h1-4,7-8,11,15-16,23H,5-6H2,(H2,19,24)/t11-,15+,16+/m0/s1. The highest BCUT2D eigenvalue weighted by Crippen LogP contribution is 2.50. The summed E-state index contributed by atoms with van der Waals surface area (Å²) in [6, 6.07) is 8.28. The summed E-state index contributed by atoms with van der Waals surface area (Å²) in [7, 11) is 0. The molecule has 5 rings (SSSR count). The zero-order valence-corrected chi connectivity index (χ0v) is 14.1. The number of aryl methyl sites for hydroxylation is 1. The van der Waals surface area contributed by atoms with Gasteiger partial charge in [0.2, 0.25) is 0 Å². The van der Waals surface area contributed by atoms with E-state index in [1.54, 1.807) is 0 Å². The fraction of sp³-hybridized carbons (Fsp3) is 0.278. The Balaban J connectivity index is 1.59. The quantitative estimate of drug-likeness (QED) is 0.740. The van der Waals surface area contributed by atoms with Crippen molar-refractivity contribution in [3.63, 3.8) is 0 Å². The lowest BCUT2D eigenvalue weighted by molar-refractivity contribution is 0.0690. The number of carbonyl (C=O) groups is 1. The molecule has 126 valence electrons. The molecule has 0 unspecified atom stereocenters. The molecule has 0 saturated carbocycles. The maximum Gasteiger partial charge on any atom is 0.277 e. The van der Waals surface area contributed by atoms with Crippen molar-refractivity contribution in [2.45, 2.75) is 25.0 Å². The van der Waals surface area contributed by atoms with E-state index in [1.807, 2.05) is 24.7 Å². The number of imidazole rings is 1. The first-order valence-corrected chi connectivity index (χ1v) is 9.05. The molecule has 1 aromatic carbocycles. The summed E-state index contributed by atoms with van der Waals surface area (Å²) in [5.41, 5.74) is 9.42. The minimum atomic E-state index is -0.723. The zero-order chi connectivity index (χ0) is 17.1. The van der Waals surface area contributed by atoms with Gasteiger partial charge in [-0.25, -0.2) is 9.97 Å². The van der Waals surface area contributed by atoms with Crippen molar-refractivity contribution in [3.05, 3.63) is 57.9 Å². The van der Waals surface area contributed by atoms with Crippen LogP contribution in [0.4, 0.5) is 0 Å². The Labute approximate surface area is 148 Å². The molecule has 0 radical (unpaired) electrons. The number of hydrogen-bond donors (Lipinski definition) is 2. The molecule has 7 heteroatoms. The summed E-state index contributed by atoms with van der Waals surface area (Å²) in [4.78, 5) is 21.0. The third kappa shape index (κ3) is 2.03. The molecule has 3 N–H and O–H groups in total. The number of aliphatic hydroxyl groups excluding tert-OH is 1. The second kappa shape index (κ2) is 5.24. The number of nitrogens with zero attached hydrogens (tertiary/aromatic N) is 3. The molecule has 1 aliphatic carbocycles. The molecule has 0 saturated heterocycles. The molecule has 0 bridgehead atoms. The van der Waals surface area contributed by atoms with Gasteiger partial charge in [-0.15, -0.1) is 11.3 Å². The lowest BCUT2D eigenvalue weighted by Gasteiger charge is -2.33. The Morgan fingerprint density at radius 1 is 1.36 bits per heavy atom. The lowest BCUT2D eigenvalue weighted by Crippen LogP contribution is -2.28. The topological polar surface area (TPSA) is 94.0 Å². The number of primary amides is 1. The minimum absolute atomic E-state index is 0.0214. The largest absolute Gasteiger partial charge is 0.386 e. The zero-order valence-electron chi connectivity index (χ0n) is 13.3. The Kier molecular flexibility index (Phi) is 3.10. The van der Waals surface area contributed by atoms with Crippen molar-refractivity contribution in [1.29, 1.82) is 0 Å². The van der Waals surface area contributed by atoms with E-state index < -0.39 is 12.0 Å². The van der Waals surface area contributed by atoms with Crippen LogP contribution in [0.15, 0.2) is 36.8 Å². The van der Waals surface area contributed by atoms with Crippen LogP contribution in [0.3, 0.4) is 0 Å². The highest BCUT2D eigenvalue weighted by atomic mass is 32.1. The summed E-state index contributed by atoms with van der Waals surface area (Å²) in [6.07, 6.45) is 4.60. The number of fused-ring (bicyclic) bond motifs is 4. The van der Waals surface area contributed by atoms with Gasteiger partial charge in [0.1, 0.15) is 6.10 Å². The summed E-state index contributed by atoms with van der Waals surface area (Å²) in [6.45, 7) is 0. The third-order valence-corrected chi connectivity index (χ3v) is 6.40. The smallest absolute Gasteiger partial charge is 0.277 e. The van der Waals surface area contributed by atoms with Gasteiger partial charge in [0.15, 0.2) is 5.01 Å². The van der Waals surface area contributed by atoms with Crippen molar-refractivity contribution in [3.8, 4) is 11.3 Å². The van der Waals surface area contributed by atoms with E-state index in [4.69, 9.17) is 5.73 Å². The van der Waals surface area contributed by atoms with Gasteiger partial charge in [-0.1, -0.05) is 24.3 Å². The van der Waals surface area contributed by atoms with Crippen LogP contribution < -0.4 is 5.73 Å². The van der Waals surface area contributed by atoms with Crippen molar-refractivity contribution in [1.82, 2.24) is 14.5 Å². The van der Waals surface area contributed by atoms with E-state index in [2.05, 4.69) is 26.7 Å². The first-order chi connectivity index (χ1) is 12.1. The summed E-state index contributed by atoms with van der Waals surface area (Å²) in [5.74, 6) is -0.557. The number of thiazole rings is 1. The molecule has 3 aromatic rings. The van der Waals surface area contributed by atoms with Crippen molar-refractivity contribution >= 4 is 17.2 Å². The maximum absolute atomic E-state index is 11.4. The van der Waals surface area contributed by atoms with Crippen molar-refractivity contribution in [2.75, 3.05) is 0 Å². The van der Waals surface area contributed by atoms with Crippen LogP contribution >= 0.6 is 11.3 Å². The molecule has 3 atom stereocenters. The van der Waals surface area contributed by atoms with E-state index in [1.165, 1.54) is 22.5 Å². The Bertz CT molecular complexity index is 993. The SMILES string of the molecule is NC(=O)c1nc2c(s1)CC[C@@H]([C@H]1c3ccccc3-c3cncn31)[C@H]2O. The number of hydrogen-bond acceptors (Lipinski definition) is 5. The molecule has 1 amide bonds. The van der Waals surface area contributed by atoms with Gasteiger partial charge in [0.25, 0.3) is 5.91 Å². The summed E-state index contributed by atoms with van der Waals surface area (Å²) < 4.78 is 2.14. The highest BCUT2D eigenvalue weighted by molar-refractivity contribution is 7.13. The van der Waals surface area contributed by atoms with Gasteiger partial charge < -0.3 is 15.4 Å². The van der Waals surface area contributed by atoms with Crippen LogP contribution in [0.5, 0.6) is 0 Å². The Morgan fingerprint density at radius 2 is 2.20 bits per heavy atom. The fourth-order valence-corrected chi connectivity index (χ4v) is 5.15. The number of aliphatic hydroxyl groups is 1. The van der Waals surface area contributed by atoms with Crippen LogP contribution in [0.1, 0.15) is 44.5 Å². The molecular formula is C18H16N4O2S. The highest BCUT2D eigenvalue weighted by Gasteiger charge is 2.42. The van der Waals surface area contributed by atoms with Crippen molar-refractivity contribution < 1.29 is 9.90 Å². The Morgan fingerprint density at radius 3 is 3.04 bits per heavy atom. The fourth-order valence-electron chi connectivity index (χ4n) is 4.18. The van der Waals surface area contributed by atoms with Gasteiger partial charge in [-0.2, -0.15) is 0 Å². The van der Waals surface area contributed by atoms with Crippen LogP contribution in [-0.4, -0.2) is 25.5 Å². The normalized spacial score (nSPS) is 23.8. The second-order valence-corrected chi connectivity index (χ2v) is 7.64. The molecule has 0 spiro atoms. The lowest BCUT2D eigenvalue weighted by atomic mass is 9.80. The number of carbonyl (C=O) groups excluding carboxylic acids is 1. The van der Waals surface area contributed by atoms with Gasteiger partial charge >= 0.3 is 0 Å². The van der Waals surface area contributed by atoms with E-state index in [-0.39, 0.29) is 17.0 Å². The predicted molar refractivity (Wildman–Crippen MR) is 93.2 cm³/mol. The molecular weight excluding hydrogens is 336 g/mol. The molecule has 25 heavy (non-hydrogen) atoms. The van der Waals surface area contributed by atoms with Crippen molar-refractivity contribution in [2.24, 2.45) is 11.7 Å². The molecule has 2 aromatic heterocycles. The number of nitrogens with two attached hydrogens (primary N) is 1. The number of amides is 1. The van der Waals surface area contributed by atoms with Crippen LogP contribution in [0.25, 0.3) is 11.3 Å². The van der Waals surface area contributed by atoms with E-state index in [9.17, 15) is 9.90 Å². The van der Waals surface area contributed by atoms with Gasteiger partial charge in [0.05, 0.1) is 30.0 Å². The number of aromatic nitrogens is 3. The first kappa shape index (κ1) is 14.8. The van der Waals surface area contributed by atoms with E-state index in [0.29, 0.717) is 5.69 Å². The number of rotatable bonds is 2. The first-order valence-electron chi connectivity index (χ1n) is 8.23. The van der Waals surface area contributed by atoms with Gasteiger partial charge in [-0.05, 0) is 18.4 Å².